The summed E-state index contributed by atoms with van der Waals surface area (Å²) in [5.41, 5.74) is 0. The van der Waals surface area contributed by atoms with Gasteiger partial charge in [-0.1, -0.05) is 0 Å². The molecule has 13 heavy (non-hydrogen) atoms. The van der Waals surface area contributed by atoms with E-state index in [1.807, 2.05) is 13.8 Å². The summed E-state index contributed by atoms with van der Waals surface area (Å²) in [7, 11) is 0. The SMILES string of the molecule is CCOCC.[B+3].[B+3].[F-].[F-].[F-].[F-].[F-].[F-]. The summed E-state index contributed by atoms with van der Waals surface area (Å²) in [4.78, 5) is 0. The predicted octanol–water partition coefficient (Wildman–Crippen LogP) is -17.7. The minimum Gasteiger partial charge on any atom is -1.00 e. The molecule has 0 aliphatic rings. The van der Waals surface area contributed by atoms with Crippen LogP contribution in [0.1, 0.15) is 13.8 Å². The van der Waals surface area contributed by atoms with Crippen molar-refractivity contribution in [1.82, 2.24) is 0 Å². The zero-order chi connectivity index (χ0) is 4.12. The molecule has 0 heterocycles. The summed E-state index contributed by atoms with van der Waals surface area (Å²) in [6.45, 7) is 5.67. The molecule has 0 saturated heterocycles. The Labute approximate surface area is 78.0 Å². The standard InChI is InChI=1S/C4H10O.2B.6FH/c1-3-5-4-2;;;;;;;;/h3-4H2,1-2H3;;;6*1H/q;2*+3;;;;;;/p-6. The Morgan fingerprint density at radius 3 is 0.769 bits per heavy atom. The summed E-state index contributed by atoms with van der Waals surface area (Å²) in [5.74, 6) is 0. The van der Waals surface area contributed by atoms with Crippen molar-refractivity contribution in [3.63, 3.8) is 0 Å². The Kier molecular flexibility index (Phi) is 1840. The van der Waals surface area contributed by atoms with Crippen molar-refractivity contribution in [3.05, 3.63) is 0 Å². The van der Waals surface area contributed by atoms with Gasteiger partial charge in [0.05, 0.1) is 0 Å². The third-order valence-corrected chi connectivity index (χ3v) is 0.408. The van der Waals surface area contributed by atoms with Crippen LogP contribution in [-0.2, 0) is 4.74 Å². The van der Waals surface area contributed by atoms with Crippen LogP contribution in [0.2, 0.25) is 0 Å². The molecule has 0 rings (SSSR count). The van der Waals surface area contributed by atoms with Gasteiger partial charge in [0.25, 0.3) is 0 Å². The topological polar surface area (TPSA) is 9.23 Å². The van der Waals surface area contributed by atoms with Gasteiger partial charge in [-0.05, 0) is 13.8 Å². The molecule has 0 atom stereocenters. The van der Waals surface area contributed by atoms with Crippen LogP contribution in [0.15, 0.2) is 0 Å². The summed E-state index contributed by atoms with van der Waals surface area (Å²) in [6.07, 6.45) is 0. The third kappa shape index (κ3) is 391. The van der Waals surface area contributed by atoms with Crippen LogP contribution in [0, 0.1) is 0 Å². The zero-order valence-electron chi connectivity index (χ0n) is 7.24. The van der Waals surface area contributed by atoms with Gasteiger partial charge in [-0.3, -0.25) is 0 Å². The van der Waals surface area contributed by atoms with E-state index in [-0.39, 0.29) is 45.1 Å². The van der Waals surface area contributed by atoms with Gasteiger partial charge in [0, 0.05) is 13.2 Å². The van der Waals surface area contributed by atoms with Gasteiger partial charge in [-0.15, -0.1) is 0 Å². The fraction of sp³-hybridized carbons (Fsp3) is 1.00. The van der Waals surface area contributed by atoms with E-state index in [4.69, 9.17) is 4.74 Å². The molecule has 9 heteroatoms. The second-order valence-electron chi connectivity index (χ2n) is 0.781. The molecule has 0 aromatic carbocycles. The van der Waals surface area contributed by atoms with E-state index < -0.39 is 0 Å². The molecule has 0 aromatic rings. The van der Waals surface area contributed by atoms with E-state index >= 15 is 0 Å². The van der Waals surface area contributed by atoms with Crippen molar-refractivity contribution in [2.24, 2.45) is 0 Å². The zero-order valence-corrected chi connectivity index (χ0v) is 7.24. The predicted molar refractivity (Wildman–Crippen MR) is 33.7 cm³/mol. The molecule has 0 aliphatic heterocycles. The van der Waals surface area contributed by atoms with Crippen LogP contribution in [0.25, 0.3) is 0 Å². The van der Waals surface area contributed by atoms with E-state index in [0.29, 0.717) is 0 Å². The molecule has 0 N–H and O–H groups in total. The van der Waals surface area contributed by atoms with Crippen LogP contribution >= 0.6 is 0 Å². The number of hydrogen-bond donors (Lipinski definition) is 0. The molecule has 0 saturated carbocycles. The van der Waals surface area contributed by atoms with E-state index in [1.54, 1.807) is 0 Å². The molecule has 0 aromatic heterocycles. The summed E-state index contributed by atoms with van der Waals surface area (Å²) in [6, 6.07) is 0. The smallest absolute Gasteiger partial charge is 1.00 e. The summed E-state index contributed by atoms with van der Waals surface area (Å²) < 4.78 is 4.83. The van der Waals surface area contributed by atoms with Gasteiger partial charge in [-0.2, -0.15) is 0 Å². The second kappa shape index (κ2) is 186. The van der Waals surface area contributed by atoms with E-state index in [2.05, 4.69) is 0 Å². The van der Waals surface area contributed by atoms with Crippen LogP contribution in [0.4, 0.5) is 0 Å². The van der Waals surface area contributed by atoms with E-state index in [9.17, 15) is 0 Å². The molecule has 0 bridgehead atoms. The van der Waals surface area contributed by atoms with Crippen molar-refractivity contribution < 1.29 is 33.0 Å². The minimum atomic E-state index is 0. The average molecular weight is 210 g/mol. The fourth-order valence-electron chi connectivity index (χ4n) is 0.204. The third-order valence-electron chi connectivity index (χ3n) is 0.408. The molecule has 0 spiro atoms. The van der Waals surface area contributed by atoms with Crippen molar-refractivity contribution in [1.29, 1.82) is 0 Å². The van der Waals surface area contributed by atoms with Crippen LogP contribution in [0.5, 0.6) is 0 Å². The molecule has 0 aliphatic carbocycles. The van der Waals surface area contributed by atoms with Crippen LogP contribution < -0.4 is 28.2 Å². The Morgan fingerprint density at radius 2 is 0.769 bits per heavy atom. The van der Waals surface area contributed by atoms with Gasteiger partial charge in [-0.25, -0.2) is 0 Å². The molecular formula is C4H10B2F6O. The first-order valence-corrected chi connectivity index (χ1v) is 1.99. The Morgan fingerprint density at radius 1 is 0.615 bits per heavy atom. The van der Waals surface area contributed by atoms with Gasteiger partial charge in [0.1, 0.15) is 0 Å². The van der Waals surface area contributed by atoms with Crippen LogP contribution in [-0.4, -0.2) is 30.0 Å². The molecular weight excluding hydrogens is 200 g/mol. The summed E-state index contributed by atoms with van der Waals surface area (Å²) in [5, 5.41) is 0. The van der Waals surface area contributed by atoms with Gasteiger partial charge >= 0.3 is 16.8 Å². The molecule has 0 radical (unpaired) electrons. The Balaban J connectivity index is -0.00000000286. The second-order valence-corrected chi connectivity index (χ2v) is 0.781. The first-order chi connectivity index (χ1) is 2.41. The van der Waals surface area contributed by atoms with Gasteiger partial charge in [0.15, 0.2) is 0 Å². The minimum absolute atomic E-state index is 0. The fourth-order valence-corrected chi connectivity index (χ4v) is 0.204. The van der Waals surface area contributed by atoms with Gasteiger partial charge in [0.2, 0.25) is 0 Å². The molecule has 0 amide bonds. The van der Waals surface area contributed by atoms with Crippen LogP contribution in [0.3, 0.4) is 0 Å². The molecule has 0 unspecified atom stereocenters. The number of rotatable bonds is 2. The average Bonchev–Trinajstić information content (AvgIpc) is 1.41. The number of halogens is 6. The maximum absolute atomic E-state index is 4.83. The molecule has 80 valence electrons. The number of ether oxygens (including phenoxy) is 1. The van der Waals surface area contributed by atoms with Crippen molar-refractivity contribution >= 4 is 16.8 Å². The van der Waals surface area contributed by atoms with Gasteiger partial charge < -0.3 is 33.0 Å². The largest absolute Gasteiger partial charge is 3.00 e. The first-order valence-electron chi connectivity index (χ1n) is 1.99. The van der Waals surface area contributed by atoms with E-state index in [0.717, 1.165) is 13.2 Å². The van der Waals surface area contributed by atoms with Crippen molar-refractivity contribution in [2.45, 2.75) is 13.8 Å². The maximum Gasteiger partial charge on any atom is 3.00 e. The van der Waals surface area contributed by atoms with E-state index in [1.165, 1.54) is 0 Å². The first kappa shape index (κ1) is 128. The van der Waals surface area contributed by atoms with Crippen molar-refractivity contribution in [2.75, 3.05) is 13.2 Å². The quantitative estimate of drug-likeness (QED) is 0.324. The number of hydrogen-bond acceptors (Lipinski definition) is 1. The van der Waals surface area contributed by atoms with Crippen molar-refractivity contribution in [3.8, 4) is 0 Å². The monoisotopic (exact) mass is 210 g/mol. The summed E-state index contributed by atoms with van der Waals surface area (Å²) >= 11 is 0. The molecule has 1 nitrogen and oxygen atoms in total. The normalized spacial score (nSPS) is 3.23. The Bertz CT molecular complexity index is 30.1. The Hall–Kier alpha value is -0.330. The maximum atomic E-state index is 4.83. The molecule has 0 fully saturated rings.